The van der Waals surface area contributed by atoms with Gasteiger partial charge in [0.15, 0.2) is 15.7 Å². The van der Waals surface area contributed by atoms with Crippen LogP contribution in [0.2, 0.25) is 10.3 Å². The molecule has 0 aliphatic carbocycles. The summed E-state index contributed by atoms with van der Waals surface area (Å²) in [5.41, 5.74) is 5.53. The van der Waals surface area contributed by atoms with E-state index in [0.717, 1.165) is 0 Å². The Labute approximate surface area is 173 Å². The van der Waals surface area contributed by atoms with Gasteiger partial charge in [0, 0.05) is 12.4 Å². The van der Waals surface area contributed by atoms with Crippen LogP contribution < -0.4 is 11.1 Å². The number of hydrogen-bond donors (Lipinski definition) is 2. The number of para-hydroxylation sites is 1. The zero-order valence-electron chi connectivity index (χ0n) is 15.0. The molecule has 0 fully saturated rings. The van der Waals surface area contributed by atoms with Crippen molar-refractivity contribution in [3.63, 3.8) is 0 Å². The summed E-state index contributed by atoms with van der Waals surface area (Å²) in [5, 5.41) is 2.62. The standard InChI is InChI=1S/C13H13Cl2N3O2S.C4H5N3/c1-8(2)21(19,20)11-6-4-3-5-10(11)17-12-9(14)7-16-13(15)18-12;5-4-6-2-1-3-7-4/h3-8H,1-2H3,(H,16,17,18);1-3H,(H2,5,6,7). The van der Waals surface area contributed by atoms with Crippen molar-refractivity contribution in [2.75, 3.05) is 11.1 Å². The molecular weight excluding hydrogens is 423 g/mol. The van der Waals surface area contributed by atoms with E-state index < -0.39 is 15.1 Å². The monoisotopic (exact) mass is 440 g/mol. The van der Waals surface area contributed by atoms with Crippen LogP contribution in [0.25, 0.3) is 0 Å². The molecule has 148 valence electrons. The second kappa shape index (κ2) is 9.63. The highest BCUT2D eigenvalue weighted by molar-refractivity contribution is 7.92. The van der Waals surface area contributed by atoms with Crippen LogP contribution in [0.1, 0.15) is 13.8 Å². The van der Waals surface area contributed by atoms with Crippen molar-refractivity contribution in [1.82, 2.24) is 19.9 Å². The van der Waals surface area contributed by atoms with Gasteiger partial charge in [0.25, 0.3) is 0 Å². The van der Waals surface area contributed by atoms with Gasteiger partial charge in [-0.2, -0.15) is 4.98 Å². The quantitative estimate of drug-likeness (QED) is 0.587. The molecule has 1 aromatic carbocycles. The molecule has 0 atom stereocenters. The molecule has 0 saturated heterocycles. The van der Waals surface area contributed by atoms with Gasteiger partial charge in [0.1, 0.15) is 5.02 Å². The van der Waals surface area contributed by atoms with E-state index in [1.165, 1.54) is 12.3 Å². The Kier molecular flexibility index (Phi) is 7.50. The first-order valence-electron chi connectivity index (χ1n) is 8.02. The Morgan fingerprint density at radius 1 is 1.04 bits per heavy atom. The third-order valence-electron chi connectivity index (χ3n) is 3.37. The van der Waals surface area contributed by atoms with Crippen molar-refractivity contribution in [2.45, 2.75) is 24.0 Å². The number of anilines is 3. The van der Waals surface area contributed by atoms with E-state index in [0.29, 0.717) is 11.6 Å². The number of nitrogen functional groups attached to an aromatic ring is 1. The van der Waals surface area contributed by atoms with Crippen LogP contribution in [0.15, 0.2) is 53.8 Å². The average molecular weight is 441 g/mol. The first-order chi connectivity index (χ1) is 13.2. The van der Waals surface area contributed by atoms with Crippen molar-refractivity contribution >= 4 is 50.5 Å². The van der Waals surface area contributed by atoms with Crippen molar-refractivity contribution < 1.29 is 8.42 Å². The highest BCUT2D eigenvalue weighted by Crippen LogP contribution is 2.29. The van der Waals surface area contributed by atoms with Gasteiger partial charge in [-0.3, -0.25) is 0 Å². The fraction of sp³-hybridized carbons (Fsp3) is 0.176. The summed E-state index contributed by atoms with van der Waals surface area (Å²) >= 11 is 11.7. The fourth-order valence-electron chi connectivity index (χ4n) is 1.94. The minimum Gasteiger partial charge on any atom is -0.368 e. The van der Waals surface area contributed by atoms with E-state index in [9.17, 15) is 8.42 Å². The number of nitrogens with two attached hydrogens (primary N) is 1. The van der Waals surface area contributed by atoms with Gasteiger partial charge in [-0.1, -0.05) is 23.7 Å². The maximum absolute atomic E-state index is 12.4. The lowest BCUT2D eigenvalue weighted by atomic mass is 10.3. The van der Waals surface area contributed by atoms with Crippen LogP contribution in [0, 0.1) is 0 Å². The molecule has 28 heavy (non-hydrogen) atoms. The number of sulfone groups is 1. The second-order valence-corrected chi connectivity index (χ2v) is 8.88. The first-order valence-corrected chi connectivity index (χ1v) is 10.3. The Hall–Kier alpha value is -2.49. The molecule has 2 heterocycles. The van der Waals surface area contributed by atoms with Crippen molar-refractivity contribution in [2.24, 2.45) is 0 Å². The van der Waals surface area contributed by atoms with Crippen LogP contribution in [0.4, 0.5) is 17.5 Å². The summed E-state index contributed by atoms with van der Waals surface area (Å²) in [7, 11) is -3.43. The summed E-state index contributed by atoms with van der Waals surface area (Å²) in [6, 6.07) is 8.28. The largest absolute Gasteiger partial charge is 0.368 e. The van der Waals surface area contributed by atoms with E-state index >= 15 is 0 Å². The molecule has 2 aromatic heterocycles. The van der Waals surface area contributed by atoms with E-state index in [2.05, 4.69) is 25.3 Å². The normalized spacial score (nSPS) is 10.9. The zero-order valence-corrected chi connectivity index (χ0v) is 17.4. The number of hydrogen-bond acceptors (Lipinski definition) is 8. The number of nitrogens with one attached hydrogen (secondary N) is 1. The van der Waals surface area contributed by atoms with Gasteiger partial charge in [-0.25, -0.2) is 23.4 Å². The van der Waals surface area contributed by atoms with Crippen LogP contribution in [-0.2, 0) is 9.84 Å². The first kappa shape index (κ1) is 21.8. The minimum atomic E-state index is -3.43. The van der Waals surface area contributed by atoms with E-state index in [1.54, 1.807) is 50.5 Å². The lowest BCUT2D eigenvalue weighted by Gasteiger charge is -2.14. The van der Waals surface area contributed by atoms with E-state index in [4.69, 9.17) is 28.9 Å². The molecule has 0 spiro atoms. The fourth-order valence-corrected chi connectivity index (χ4v) is 3.42. The molecule has 3 aromatic rings. The summed E-state index contributed by atoms with van der Waals surface area (Å²) in [5.74, 6) is 0.575. The van der Waals surface area contributed by atoms with Crippen molar-refractivity contribution in [3.8, 4) is 0 Å². The maximum Gasteiger partial charge on any atom is 0.224 e. The lowest BCUT2D eigenvalue weighted by Crippen LogP contribution is -2.15. The summed E-state index contributed by atoms with van der Waals surface area (Å²) in [6.07, 6.45) is 4.55. The number of rotatable bonds is 4. The Morgan fingerprint density at radius 3 is 2.25 bits per heavy atom. The number of halogens is 2. The molecular formula is C17H18Cl2N6O2S. The highest BCUT2D eigenvalue weighted by atomic mass is 35.5. The average Bonchev–Trinajstić information content (AvgIpc) is 2.66. The molecule has 3 rings (SSSR count). The van der Waals surface area contributed by atoms with E-state index in [1.807, 2.05) is 0 Å². The van der Waals surface area contributed by atoms with Crippen LogP contribution >= 0.6 is 23.2 Å². The number of benzene rings is 1. The molecule has 0 bridgehead atoms. The molecule has 11 heteroatoms. The van der Waals surface area contributed by atoms with Crippen molar-refractivity contribution in [1.29, 1.82) is 0 Å². The number of aromatic nitrogens is 4. The van der Waals surface area contributed by atoms with Crippen LogP contribution in [0.3, 0.4) is 0 Å². The van der Waals surface area contributed by atoms with Gasteiger partial charge >= 0.3 is 0 Å². The van der Waals surface area contributed by atoms with Gasteiger partial charge in [0.2, 0.25) is 11.2 Å². The predicted octanol–water partition coefficient (Wildman–Crippen LogP) is 3.77. The summed E-state index contributed by atoms with van der Waals surface area (Å²) < 4.78 is 24.7. The topological polar surface area (TPSA) is 124 Å². The molecule has 3 N–H and O–H groups in total. The molecule has 0 aliphatic rings. The molecule has 0 saturated carbocycles. The molecule has 0 unspecified atom stereocenters. The van der Waals surface area contributed by atoms with Gasteiger partial charge < -0.3 is 11.1 Å². The van der Waals surface area contributed by atoms with Gasteiger partial charge in [-0.05, 0) is 43.6 Å². The summed E-state index contributed by atoms with van der Waals surface area (Å²) in [6.45, 7) is 3.25. The zero-order chi connectivity index (χ0) is 20.7. The Balaban J connectivity index is 0.000000336. The number of nitrogens with zero attached hydrogens (tertiary/aromatic N) is 4. The Morgan fingerprint density at radius 2 is 1.68 bits per heavy atom. The van der Waals surface area contributed by atoms with Crippen LogP contribution in [0.5, 0.6) is 0 Å². The second-order valence-electron chi connectivity index (χ2n) is 5.66. The van der Waals surface area contributed by atoms with E-state index in [-0.39, 0.29) is 21.0 Å². The Bertz CT molecular complexity index is 1030. The maximum atomic E-state index is 12.4. The molecule has 0 radical (unpaired) electrons. The molecule has 0 amide bonds. The predicted molar refractivity (Wildman–Crippen MR) is 111 cm³/mol. The molecule has 8 nitrogen and oxygen atoms in total. The third-order valence-corrected chi connectivity index (χ3v) is 6.04. The lowest BCUT2D eigenvalue weighted by molar-refractivity contribution is 0.588. The smallest absolute Gasteiger partial charge is 0.224 e. The van der Waals surface area contributed by atoms with Crippen LogP contribution in [-0.4, -0.2) is 33.6 Å². The SMILES string of the molecule is CC(C)S(=O)(=O)c1ccccc1Nc1nc(Cl)ncc1Cl.Nc1ncccn1. The van der Waals surface area contributed by atoms with Gasteiger partial charge in [0.05, 0.1) is 22.0 Å². The van der Waals surface area contributed by atoms with Crippen molar-refractivity contribution in [3.05, 3.63) is 59.2 Å². The molecule has 0 aliphatic heterocycles. The summed E-state index contributed by atoms with van der Waals surface area (Å²) in [4.78, 5) is 15.2. The van der Waals surface area contributed by atoms with Gasteiger partial charge in [-0.15, -0.1) is 0 Å². The third kappa shape index (κ3) is 5.75. The highest BCUT2D eigenvalue weighted by Gasteiger charge is 2.22. The minimum absolute atomic E-state index is 0.0195.